The van der Waals surface area contributed by atoms with Gasteiger partial charge in [-0.15, -0.1) is 0 Å². The van der Waals surface area contributed by atoms with E-state index in [-0.39, 0.29) is 11.9 Å². The molecule has 0 atom stereocenters. The predicted molar refractivity (Wildman–Crippen MR) is 145 cm³/mol. The number of nitrogens with zero attached hydrogens (tertiary/aromatic N) is 2. The van der Waals surface area contributed by atoms with Crippen molar-refractivity contribution < 1.29 is 9.53 Å². The van der Waals surface area contributed by atoms with Crippen molar-refractivity contribution in [2.75, 3.05) is 32.8 Å². The Labute approximate surface area is 213 Å². The Morgan fingerprint density at radius 2 is 1.46 bits per heavy atom. The van der Waals surface area contributed by atoms with Gasteiger partial charge in [-0.25, -0.2) is 0 Å². The highest BCUT2D eigenvalue weighted by molar-refractivity contribution is 7.80. The molecule has 1 heterocycles. The van der Waals surface area contributed by atoms with Gasteiger partial charge in [-0.2, -0.15) is 0 Å². The largest absolute Gasteiger partial charge is 0.493 e. The molecule has 3 aromatic rings. The Bertz CT molecular complexity index is 1060. The Kier molecular flexibility index (Phi) is 8.87. The number of carbonyl (C=O) groups is 1. The molecule has 0 spiro atoms. The summed E-state index contributed by atoms with van der Waals surface area (Å²) in [6, 6.07) is 28.8. The Morgan fingerprint density at radius 1 is 0.886 bits per heavy atom. The molecule has 1 aliphatic heterocycles. The number of para-hydroxylation sites is 1. The van der Waals surface area contributed by atoms with E-state index < -0.39 is 0 Å². The van der Waals surface area contributed by atoms with Crippen LogP contribution in [0.3, 0.4) is 0 Å². The molecule has 182 valence electrons. The zero-order chi connectivity index (χ0) is 24.5. The minimum Gasteiger partial charge on any atom is -0.493 e. The first-order valence-electron chi connectivity index (χ1n) is 12.3. The molecule has 1 aliphatic rings. The summed E-state index contributed by atoms with van der Waals surface area (Å²) in [6.45, 7) is 5.91. The van der Waals surface area contributed by atoms with Crippen molar-refractivity contribution >= 4 is 23.2 Å². The van der Waals surface area contributed by atoms with Crippen molar-refractivity contribution in [2.24, 2.45) is 0 Å². The Morgan fingerprint density at radius 3 is 2.06 bits per heavy atom. The van der Waals surface area contributed by atoms with Crippen LogP contribution < -0.4 is 10.1 Å². The number of hydrogen-bond donors (Lipinski definition) is 1. The van der Waals surface area contributed by atoms with Crippen LogP contribution in [0.5, 0.6) is 5.75 Å². The van der Waals surface area contributed by atoms with E-state index in [9.17, 15) is 4.79 Å². The van der Waals surface area contributed by atoms with Crippen LogP contribution in [-0.4, -0.2) is 53.6 Å². The number of amides is 1. The second-order valence-electron chi connectivity index (χ2n) is 8.70. The molecule has 1 fully saturated rings. The standard InChI is InChI=1S/C29H33N3O2S/c1-2-3-22-34-26-17-11-10-16-25(26)28(33)30-29(35)32-20-18-31(19-21-32)27(23-12-6-4-7-13-23)24-14-8-5-9-15-24/h4-17,27H,2-3,18-22H2,1H3,(H,30,33,35). The second-order valence-corrected chi connectivity index (χ2v) is 9.09. The highest BCUT2D eigenvalue weighted by atomic mass is 32.1. The predicted octanol–water partition coefficient (Wildman–Crippen LogP) is 5.29. The van der Waals surface area contributed by atoms with Crippen molar-refractivity contribution in [2.45, 2.75) is 25.8 Å². The molecule has 0 unspecified atom stereocenters. The third-order valence-corrected chi connectivity index (χ3v) is 6.67. The lowest BCUT2D eigenvalue weighted by molar-refractivity contribution is 0.0963. The molecule has 6 heteroatoms. The van der Waals surface area contributed by atoms with E-state index >= 15 is 0 Å². The monoisotopic (exact) mass is 487 g/mol. The second kappa shape index (κ2) is 12.5. The fraction of sp³-hybridized carbons (Fsp3) is 0.310. The molecule has 0 aliphatic carbocycles. The molecule has 1 N–H and O–H groups in total. The van der Waals surface area contributed by atoms with Crippen LogP contribution in [0.15, 0.2) is 84.9 Å². The summed E-state index contributed by atoms with van der Waals surface area (Å²) in [5.41, 5.74) is 3.07. The zero-order valence-corrected chi connectivity index (χ0v) is 21.0. The molecule has 1 saturated heterocycles. The number of rotatable bonds is 8. The van der Waals surface area contributed by atoms with Gasteiger partial charge in [-0.05, 0) is 41.9 Å². The lowest BCUT2D eigenvalue weighted by Crippen LogP contribution is -2.53. The molecule has 1 amide bonds. The van der Waals surface area contributed by atoms with Crippen LogP contribution in [0.4, 0.5) is 0 Å². The van der Waals surface area contributed by atoms with Crippen molar-refractivity contribution in [1.82, 2.24) is 15.1 Å². The zero-order valence-electron chi connectivity index (χ0n) is 20.2. The molecular weight excluding hydrogens is 454 g/mol. The van der Waals surface area contributed by atoms with E-state index in [1.165, 1.54) is 11.1 Å². The Balaban J connectivity index is 1.39. The topological polar surface area (TPSA) is 44.8 Å². The molecule has 0 saturated carbocycles. The normalized spacial score (nSPS) is 14.1. The Hall–Kier alpha value is -3.22. The van der Waals surface area contributed by atoms with Crippen LogP contribution >= 0.6 is 12.2 Å². The average Bonchev–Trinajstić information content (AvgIpc) is 2.91. The SMILES string of the molecule is CCCCOc1ccccc1C(=O)NC(=S)N1CCN(C(c2ccccc2)c2ccccc2)CC1. The number of thiocarbonyl (C=S) groups is 1. The smallest absolute Gasteiger partial charge is 0.261 e. The lowest BCUT2D eigenvalue weighted by atomic mass is 9.96. The van der Waals surface area contributed by atoms with Crippen LogP contribution in [0.25, 0.3) is 0 Å². The van der Waals surface area contributed by atoms with E-state index in [2.05, 4.69) is 82.7 Å². The fourth-order valence-corrected chi connectivity index (χ4v) is 4.69. The molecule has 4 rings (SSSR count). The van der Waals surface area contributed by atoms with Crippen molar-refractivity contribution in [1.29, 1.82) is 0 Å². The maximum Gasteiger partial charge on any atom is 0.261 e. The summed E-state index contributed by atoms with van der Waals surface area (Å²) < 4.78 is 5.83. The summed E-state index contributed by atoms with van der Waals surface area (Å²) in [4.78, 5) is 17.5. The van der Waals surface area contributed by atoms with Gasteiger partial charge in [0.1, 0.15) is 5.75 Å². The number of unbranched alkanes of at least 4 members (excludes halogenated alkanes) is 1. The number of hydrogen-bond acceptors (Lipinski definition) is 4. The molecule has 0 radical (unpaired) electrons. The summed E-state index contributed by atoms with van der Waals surface area (Å²) in [7, 11) is 0. The summed E-state index contributed by atoms with van der Waals surface area (Å²) in [6.07, 6.45) is 1.99. The summed E-state index contributed by atoms with van der Waals surface area (Å²) >= 11 is 5.63. The highest BCUT2D eigenvalue weighted by Crippen LogP contribution is 2.29. The third kappa shape index (κ3) is 6.47. The van der Waals surface area contributed by atoms with E-state index in [0.717, 1.165) is 39.0 Å². The van der Waals surface area contributed by atoms with Crippen molar-refractivity contribution in [3.8, 4) is 5.75 Å². The first kappa shape index (κ1) is 24.9. The van der Waals surface area contributed by atoms with Gasteiger partial charge in [0.25, 0.3) is 5.91 Å². The van der Waals surface area contributed by atoms with Crippen molar-refractivity contribution in [3.05, 3.63) is 102 Å². The number of ether oxygens (including phenoxy) is 1. The molecule has 35 heavy (non-hydrogen) atoms. The first-order chi connectivity index (χ1) is 17.2. The van der Waals surface area contributed by atoms with Gasteiger partial charge in [0.15, 0.2) is 5.11 Å². The molecule has 5 nitrogen and oxygen atoms in total. The van der Waals surface area contributed by atoms with E-state index in [1.54, 1.807) is 6.07 Å². The molecule has 3 aromatic carbocycles. The summed E-state index contributed by atoms with van der Waals surface area (Å²) in [5, 5.41) is 3.39. The molecule has 0 bridgehead atoms. The minimum absolute atomic E-state index is 0.190. The highest BCUT2D eigenvalue weighted by Gasteiger charge is 2.28. The van der Waals surface area contributed by atoms with Crippen LogP contribution in [0, 0.1) is 0 Å². The average molecular weight is 488 g/mol. The number of nitrogens with one attached hydrogen (secondary N) is 1. The van der Waals surface area contributed by atoms with E-state index in [1.807, 2.05) is 18.2 Å². The maximum absolute atomic E-state index is 13.0. The van der Waals surface area contributed by atoms with Gasteiger partial charge in [-0.3, -0.25) is 15.0 Å². The van der Waals surface area contributed by atoms with E-state index in [0.29, 0.717) is 23.0 Å². The minimum atomic E-state index is -0.226. The van der Waals surface area contributed by atoms with E-state index in [4.69, 9.17) is 17.0 Å². The van der Waals surface area contributed by atoms with Gasteiger partial charge >= 0.3 is 0 Å². The van der Waals surface area contributed by atoms with Gasteiger partial charge in [0, 0.05) is 26.2 Å². The van der Waals surface area contributed by atoms with Gasteiger partial charge in [0.2, 0.25) is 0 Å². The van der Waals surface area contributed by atoms with Gasteiger partial charge in [0.05, 0.1) is 18.2 Å². The number of carbonyl (C=O) groups excluding carboxylic acids is 1. The van der Waals surface area contributed by atoms with Gasteiger partial charge in [-0.1, -0.05) is 86.1 Å². The summed E-state index contributed by atoms with van der Waals surface area (Å²) in [5.74, 6) is 0.371. The molecule has 0 aromatic heterocycles. The van der Waals surface area contributed by atoms with Crippen LogP contribution in [0.1, 0.15) is 47.3 Å². The first-order valence-corrected chi connectivity index (χ1v) is 12.7. The fourth-order valence-electron chi connectivity index (χ4n) is 4.42. The van der Waals surface area contributed by atoms with Crippen LogP contribution in [0.2, 0.25) is 0 Å². The maximum atomic E-state index is 13.0. The van der Waals surface area contributed by atoms with Gasteiger partial charge < -0.3 is 9.64 Å². The van der Waals surface area contributed by atoms with Crippen LogP contribution in [-0.2, 0) is 0 Å². The quantitative estimate of drug-likeness (QED) is 0.346. The lowest BCUT2D eigenvalue weighted by Gasteiger charge is -2.40. The van der Waals surface area contributed by atoms with Crippen molar-refractivity contribution in [3.63, 3.8) is 0 Å². The number of benzene rings is 3. The third-order valence-electron chi connectivity index (χ3n) is 6.30. The number of piperazine rings is 1. The molecular formula is C29H33N3O2S.